The minimum Gasteiger partial charge on any atom is -0.370 e. The zero-order valence-corrected chi connectivity index (χ0v) is 10.8. The average Bonchev–Trinajstić information content (AvgIpc) is 2.22. The number of hydrogen-bond acceptors (Lipinski definition) is 3. The Balaban J connectivity index is 2.45. The Morgan fingerprint density at radius 1 is 1.38 bits per heavy atom. The third kappa shape index (κ3) is 1.72. The van der Waals surface area contributed by atoms with Crippen molar-refractivity contribution < 1.29 is 4.74 Å². The van der Waals surface area contributed by atoms with Gasteiger partial charge in [0.15, 0.2) is 5.82 Å². The van der Waals surface area contributed by atoms with Crippen molar-refractivity contribution in [3.63, 3.8) is 0 Å². The molecule has 3 nitrogen and oxygen atoms in total. The summed E-state index contributed by atoms with van der Waals surface area (Å²) < 4.78 is 5.57. The minimum absolute atomic E-state index is 0.277. The van der Waals surface area contributed by atoms with Crippen molar-refractivity contribution in [3.8, 4) is 0 Å². The quantitative estimate of drug-likeness (QED) is 0.762. The number of ether oxygens (including phenoxy) is 1. The maximum Gasteiger partial charge on any atom is 0.162 e. The normalized spacial score (nSPS) is 18.2. The summed E-state index contributed by atoms with van der Waals surface area (Å²) in [4.78, 5) is 8.97. The molecule has 1 aliphatic rings. The molecule has 88 valence electrons. The van der Waals surface area contributed by atoms with Crippen LogP contribution in [-0.4, -0.2) is 17.1 Å². The van der Waals surface area contributed by atoms with Gasteiger partial charge >= 0.3 is 0 Å². The highest BCUT2D eigenvalue weighted by atomic mass is 35.5. The first-order valence-corrected chi connectivity index (χ1v) is 6.09. The van der Waals surface area contributed by atoms with Crippen molar-refractivity contribution in [3.05, 3.63) is 22.2 Å². The summed E-state index contributed by atoms with van der Waals surface area (Å²) in [5, 5.41) is 0.560. The fourth-order valence-electron chi connectivity index (χ4n) is 2.10. The van der Waals surface area contributed by atoms with E-state index in [4.69, 9.17) is 16.3 Å². The molecule has 16 heavy (non-hydrogen) atoms. The van der Waals surface area contributed by atoms with Crippen LogP contribution in [0.25, 0.3) is 0 Å². The lowest BCUT2D eigenvalue weighted by Gasteiger charge is -2.39. The first kappa shape index (κ1) is 11.8. The summed E-state index contributed by atoms with van der Waals surface area (Å²) in [6.45, 7) is 4.04. The Morgan fingerprint density at radius 3 is 2.50 bits per heavy atom. The molecule has 1 aliphatic carbocycles. The van der Waals surface area contributed by atoms with Gasteiger partial charge in [-0.15, -0.1) is 0 Å². The molecule has 4 heteroatoms. The van der Waals surface area contributed by atoms with E-state index < -0.39 is 0 Å². The van der Waals surface area contributed by atoms with Crippen LogP contribution in [0.15, 0.2) is 0 Å². The van der Waals surface area contributed by atoms with Gasteiger partial charge in [0, 0.05) is 18.4 Å². The topological polar surface area (TPSA) is 35.0 Å². The maximum atomic E-state index is 6.14. The summed E-state index contributed by atoms with van der Waals surface area (Å²) in [5.74, 6) is 0.758. The second kappa shape index (κ2) is 4.30. The highest BCUT2D eigenvalue weighted by Crippen LogP contribution is 2.43. The fourth-order valence-corrected chi connectivity index (χ4v) is 2.29. The predicted molar refractivity (Wildman–Crippen MR) is 63.7 cm³/mol. The smallest absolute Gasteiger partial charge is 0.162 e. The summed E-state index contributed by atoms with van der Waals surface area (Å²) in [5.41, 5.74) is 1.73. The van der Waals surface area contributed by atoms with Gasteiger partial charge < -0.3 is 4.74 Å². The van der Waals surface area contributed by atoms with Gasteiger partial charge in [0.25, 0.3) is 0 Å². The molecule has 0 amide bonds. The van der Waals surface area contributed by atoms with E-state index in [0.717, 1.165) is 36.3 Å². The van der Waals surface area contributed by atoms with E-state index in [1.165, 1.54) is 6.42 Å². The molecule has 0 saturated heterocycles. The molecular formula is C12H17ClN2O. The van der Waals surface area contributed by atoms with E-state index in [1.807, 2.05) is 6.92 Å². The van der Waals surface area contributed by atoms with Gasteiger partial charge in [-0.3, -0.25) is 0 Å². The number of nitrogens with zero attached hydrogens (tertiary/aromatic N) is 2. The van der Waals surface area contributed by atoms with Crippen LogP contribution in [0.1, 0.15) is 43.3 Å². The van der Waals surface area contributed by atoms with E-state index in [1.54, 1.807) is 7.11 Å². The van der Waals surface area contributed by atoms with Crippen LogP contribution in [0.3, 0.4) is 0 Å². The number of aryl methyl sites for hydroxylation is 1. The molecule has 1 aromatic heterocycles. The number of methoxy groups -OCH3 is 1. The molecule has 0 spiro atoms. The molecule has 1 heterocycles. The summed E-state index contributed by atoms with van der Waals surface area (Å²) in [6, 6.07) is 0. The van der Waals surface area contributed by atoms with Crippen molar-refractivity contribution >= 4 is 11.6 Å². The molecule has 2 rings (SSSR count). The first-order chi connectivity index (χ1) is 7.63. The second-order valence-corrected chi connectivity index (χ2v) is 4.67. The Kier molecular flexibility index (Phi) is 3.17. The Morgan fingerprint density at radius 2 is 2.06 bits per heavy atom. The molecule has 1 aromatic rings. The van der Waals surface area contributed by atoms with Crippen molar-refractivity contribution in [1.82, 2.24) is 9.97 Å². The summed E-state index contributed by atoms with van der Waals surface area (Å²) in [7, 11) is 1.72. The second-order valence-electron chi connectivity index (χ2n) is 4.32. The van der Waals surface area contributed by atoms with E-state index in [2.05, 4.69) is 16.9 Å². The molecule has 0 aromatic carbocycles. The molecule has 0 radical (unpaired) electrons. The van der Waals surface area contributed by atoms with Crippen LogP contribution in [0.4, 0.5) is 0 Å². The minimum atomic E-state index is -0.277. The Bertz CT molecular complexity index is 397. The predicted octanol–water partition coefficient (Wildman–Crippen LogP) is 3.03. The van der Waals surface area contributed by atoms with Crippen molar-refractivity contribution in [1.29, 1.82) is 0 Å². The van der Waals surface area contributed by atoms with Crippen molar-refractivity contribution in [2.45, 2.75) is 45.1 Å². The van der Waals surface area contributed by atoms with Gasteiger partial charge in [0.2, 0.25) is 0 Å². The van der Waals surface area contributed by atoms with E-state index in [0.29, 0.717) is 5.15 Å². The van der Waals surface area contributed by atoms with Crippen molar-refractivity contribution in [2.24, 2.45) is 0 Å². The Labute approximate surface area is 101 Å². The van der Waals surface area contributed by atoms with Gasteiger partial charge in [0.05, 0.1) is 0 Å². The molecule has 0 aliphatic heterocycles. The highest BCUT2D eigenvalue weighted by Gasteiger charge is 2.42. The molecule has 0 atom stereocenters. The van der Waals surface area contributed by atoms with Gasteiger partial charge in [-0.25, -0.2) is 9.97 Å². The number of rotatable bonds is 3. The zero-order chi connectivity index (χ0) is 11.8. The lowest BCUT2D eigenvalue weighted by molar-refractivity contribution is -0.0848. The summed E-state index contributed by atoms with van der Waals surface area (Å²) >= 11 is 6.14. The molecule has 1 saturated carbocycles. The third-order valence-corrected chi connectivity index (χ3v) is 3.85. The third-order valence-electron chi connectivity index (χ3n) is 3.48. The summed E-state index contributed by atoms with van der Waals surface area (Å²) in [6.07, 6.45) is 4.03. The zero-order valence-electron chi connectivity index (χ0n) is 10.0. The first-order valence-electron chi connectivity index (χ1n) is 5.71. The molecule has 0 N–H and O–H groups in total. The maximum absolute atomic E-state index is 6.14. The van der Waals surface area contributed by atoms with E-state index in [-0.39, 0.29) is 5.60 Å². The molecule has 0 bridgehead atoms. The number of aromatic nitrogens is 2. The van der Waals surface area contributed by atoms with Crippen LogP contribution in [0.2, 0.25) is 5.15 Å². The van der Waals surface area contributed by atoms with Crippen LogP contribution < -0.4 is 0 Å². The standard InChI is InChI=1S/C12H17ClN2O/c1-4-9-8(2)10(13)15-11(14-9)12(16-3)6-5-7-12/h4-7H2,1-3H3. The Hall–Kier alpha value is -0.670. The molecular weight excluding hydrogens is 224 g/mol. The molecule has 1 fully saturated rings. The van der Waals surface area contributed by atoms with Crippen LogP contribution in [-0.2, 0) is 16.8 Å². The van der Waals surface area contributed by atoms with Gasteiger partial charge in [-0.2, -0.15) is 0 Å². The lowest BCUT2D eigenvalue weighted by Crippen LogP contribution is -2.38. The number of halogens is 1. The van der Waals surface area contributed by atoms with E-state index in [9.17, 15) is 0 Å². The van der Waals surface area contributed by atoms with Gasteiger partial charge in [-0.1, -0.05) is 18.5 Å². The largest absolute Gasteiger partial charge is 0.370 e. The lowest BCUT2D eigenvalue weighted by atomic mass is 9.79. The van der Waals surface area contributed by atoms with Crippen LogP contribution in [0.5, 0.6) is 0 Å². The average molecular weight is 241 g/mol. The SMILES string of the molecule is CCc1nc(C2(OC)CCC2)nc(Cl)c1C. The van der Waals surface area contributed by atoms with Gasteiger partial charge in [-0.05, 0) is 32.6 Å². The van der Waals surface area contributed by atoms with Crippen LogP contribution >= 0.6 is 11.6 Å². The number of hydrogen-bond donors (Lipinski definition) is 0. The molecule has 0 unspecified atom stereocenters. The fraction of sp³-hybridized carbons (Fsp3) is 0.667. The van der Waals surface area contributed by atoms with E-state index >= 15 is 0 Å². The van der Waals surface area contributed by atoms with Crippen molar-refractivity contribution in [2.75, 3.05) is 7.11 Å². The van der Waals surface area contributed by atoms with Crippen LogP contribution in [0, 0.1) is 6.92 Å². The monoisotopic (exact) mass is 240 g/mol. The highest BCUT2D eigenvalue weighted by molar-refractivity contribution is 6.30. The van der Waals surface area contributed by atoms with Gasteiger partial charge in [0.1, 0.15) is 10.8 Å².